The van der Waals surface area contributed by atoms with E-state index >= 15 is 0 Å². The summed E-state index contributed by atoms with van der Waals surface area (Å²) >= 11 is 3.73. The molecule has 0 unspecified atom stereocenters. The number of nitrogens with zero attached hydrogens (tertiary/aromatic N) is 3. The van der Waals surface area contributed by atoms with Crippen LogP contribution in [0.3, 0.4) is 0 Å². The summed E-state index contributed by atoms with van der Waals surface area (Å²) in [5.41, 5.74) is 0. The van der Waals surface area contributed by atoms with Crippen molar-refractivity contribution in [1.82, 2.24) is 14.8 Å². The molecule has 0 aromatic carbocycles. The summed E-state index contributed by atoms with van der Waals surface area (Å²) in [4.78, 5) is 0. The van der Waals surface area contributed by atoms with Crippen LogP contribution in [0, 0.1) is 0 Å². The van der Waals surface area contributed by atoms with E-state index in [0.717, 1.165) is 4.57 Å². The summed E-state index contributed by atoms with van der Waals surface area (Å²) in [7, 11) is 0. The van der Waals surface area contributed by atoms with E-state index in [9.17, 15) is 13.2 Å². The molecule has 0 N–H and O–H groups in total. The molecule has 0 saturated heterocycles. The first kappa shape index (κ1) is 10.1. The first-order valence-electron chi connectivity index (χ1n) is 3.27. The molecule has 72 valence electrons. The maximum absolute atomic E-state index is 12.2. The summed E-state index contributed by atoms with van der Waals surface area (Å²) in [5, 5.41) is 6.10. The lowest BCUT2D eigenvalue weighted by Crippen LogP contribution is -2.14. The monoisotopic (exact) mass is 209 g/mol. The van der Waals surface area contributed by atoms with Crippen molar-refractivity contribution in [1.29, 1.82) is 0 Å². The van der Waals surface area contributed by atoms with Crippen molar-refractivity contribution in [2.24, 2.45) is 0 Å². The van der Waals surface area contributed by atoms with Gasteiger partial charge < -0.3 is 0 Å². The Morgan fingerprint density at radius 3 is 2.54 bits per heavy atom. The molecule has 1 rings (SSSR count). The van der Waals surface area contributed by atoms with Gasteiger partial charge in [-0.15, -0.1) is 29.4 Å². The zero-order chi connectivity index (χ0) is 10.1. The average Bonchev–Trinajstić information content (AvgIpc) is 2.32. The minimum Gasteiger partial charge on any atom is -0.295 e. The number of hydrogen-bond donors (Lipinski definition) is 1. The van der Waals surface area contributed by atoms with Gasteiger partial charge in [-0.3, -0.25) is 4.57 Å². The molecular weight excluding hydrogens is 203 g/mol. The molecule has 0 saturated carbocycles. The van der Waals surface area contributed by atoms with Crippen LogP contribution >= 0.6 is 12.6 Å². The Hall–Kier alpha value is -0.980. The predicted molar refractivity (Wildman–Crippen MR) is 42.5 cm³/mol. The number of alkyl halides is 3. The highest BCUT2D eigenvalue weighted by molar-refractivity contribution is 7.80. The van der Waals surface area contributed by atoms with Crippen molar-refractivity contribution < 1.29 is 13.2 Å². The summed E-state index contributed by atoms with van der Waals surface area (Å²) in [6.07, 6.45) is -3.19. The van der Waals surface area contributed by atoms with Gasteiger partial charge in [0.15, 0.2) is 5.16 Å². The van der Waals surface area contributed by atoms with Gasteiger partial charge in [-0.05, 0) is 0 Å². The highest BCUT2D eigenvalue weighted by atomic mass is 32.1. The fourth-order valence-corrected chi connectivity index (χ4v) is 1.02. The van der Waals surface area contributed by atoms with Crippen LogP contribution in [-0.2, 0) is 12.7 Å². The molecule has 0 radical (unpaired) electrons. The van der Waals surface area contributed by atoms with Crippen molar-refractivity contribution >= 4 is 12.6 Å². The minimum absolute atomic E-state index is 0.0132. The van der Waals surface area contributed by atoms with Crippen molar-refractivity contribution in [3.63, 3.8) is 0 Å². The Kier molecular flexibility index (Phi) is 2.65. The second-order valence-electron chi connectivity index (χ2n) is 2.22. The molecule has 1 aromatic heterocycles. The molecule has 13 heavy (non-hydrogen) atoms. The van der Waals surface area contributed by atoms with Gasteiger partial charge in [-0.1, -0.05) is 6.08 Å². The number of allylic oxidation sites excluding steroid dienone is 1. The molecule has 0 amide bonds. The third-order valence-electron chi connectivity index (χ3n) is 1.30. The SMILES string of the molecule is C=CCn1c(S)nnc1C(F)(F)F. The average molecular weight is 209 g/mol. The second-order valence-corrected chi connectivity index (χ2v) is 2.62. The highest BCUT2D eigenvalue weighted by Crippen LogP contribution is 2.28. The summed E-state index contributed by atoms with van der Waals surface area (Å²) < 4.78 is 37.4. The van der Waals surface area contributed by atoms with E-state index in [1.54, 1.807) is 0 Å². The van der Waals surface area contributed by atoms with Gasteiger partial charge in [0.25, 0.3) is 0 Å². The molecule has 0 spiro atoms. The van der Waals surface area contributed by atoms with Crippen LogP contribution in [0.1, 0.15) is 5.82 Å². The second kappa shape index (κ2) is 3.41. The predicted octanol–water partition coefficient (Wildman–Crippen LogP) is 1.77. The summed E-state index contributed by atoms with van der Waals surface area (Å²) in [6, 6.07) is 0. The third-order valence-corrected chi connectivity index (χ3v) is 1.63. The smallest absolute Gasteiger partial charge is 0.295 e. The Morgan fingerprint density at radius 1 is 1.46 bits per heavy atom. The molecule has 1 heterocycles. The lowest BCUT2D eigenvalue weighted by molar-refractivity contribution is -0.147. The van der Waals surface area contributed by atoms with E-state index in [0.29, 0.717) is 0 Å². The lowest BCUT2D eigenvalue weighted by atomic mass is 10.5. The van der Waals surface area contributed by atoms with Gasteiger partial charge >= 0.3 is 6.18 Å². The van der Waals surface area contributed by atoms with E-state index in [-0.39, 0.29) is 11.7 Å². The quantitative estimate of drug-likeness (QED) is 0.594. The number of aromatic nitrogens is 3. The van der Waals surface area contributed by atoms with Gasteiger partial charge in [-0.2, -0.15) is 13.2 Å². The molecule has 0 aliphatic carbocycles. The number of thiol groups is 1. The standard InChI is InChI=1S/C6H6F3N3S/c1-2-3-12-4(6(7,8)9)10-11-5(12)13/h2H,1,3H2,(H,11,13). The largest absolute Gasteiger partial charge is 0.451 e. The van der Waals surface area contributed by atoms with Gasteiger partial charge in [0.05, 0.1) is 0 Å². The Labute approximate surface area is 77.7 Å². The number of hydrogen-bond acceptors (Lipinski definition) is 3. The summed E-state index contributed by atoms with van der Waals surface area (Å²) in [6.45, 7) is 3.31. The van der Waals surface area contributed by atoms with Crippen molar-refractivity contribution in [2.75, 3.05) is 0 Å². The van der Waals surface area contributed by atoms with Crippen LogP contribution in [0.4, 0.5) is 13.2 Å². The first-order chi connectivity index (χ1) is 5.96. The molecular formula is C6H6F3N3S. The Balaban J connectivity index is 3.14. The molecule has 7 heteroatoms. The van der Waals surface area contributed by atoms with Gasteiger partial charge in [0, 0.05) is 6.54 Å². The molecule has 0 aliphatic rings. The minimum atomic E-state index is -4.50. The number of rotatable bonds is 2. The van der Waals surface area contributed by atoms with E-state index in [2.05, 4.69) is 29.4 Å². The van der Waals surface area contributed by atoms with Crippen LogP contribution in [-0.4, -0.2) is 14.8 Å². The van der Waals surface area contributed by atoms with Crippen molar-refractivity contribution in [3.8, 4) is 0 Å². The molecule has 0 aliphatic heterocycles. The van der Waals surface area contributed by atoms with Crippen LogP contribution in [0.2, 0.25) is 0 Å². The fourth-order valence-electron chi connectivity index (χ4n) is 0.802. The fraction of sp³-hybridized carbons (Fsp3) is 0.333. The Bertz CT molecular complexity index is 317. The maximum atomic E-state index is 12.2. The zero-order valence-corrected chi connectivity index (χ0v) is 7.31. The number of halogens is 3. The van der Waals surface area contributed by atoms with Crippen molar-refractivity contribution in [3.05, 3.63) is 18.5 Å². The molecule has 0 fully saturated rings. The van der Waals surface area contributed by atoms with E-state index in [4.69, 9.17) is 0 Å². The third kappa shape index (κ3) is 2.03. The maximum Gasteiger partial charge on any atom is 0.451 e. The van der Waals surface area contributed by atoms with Gasteiger partial charge in [0.1, 0.15) is 0 Å². The molecule has 1 aromatic rings. The molecule has 3 nitrogen and oxygen atoms in total. The van der Waals surface area contributed by atoms with Crippen LogP contribution in [0.25, 0.3) is 0 Å². The van der Waals surface area contributed by atoms with E-state index in [1.807, 2.05) is 0 Å². The van der Waals surface area contributed by atoms with E-state index < -0.39 is 12.0 Å². The molecule has 0 bridgehead atoms. The van der Waals surface area contributed by atoms with Crippen LogP contribution in [0.15, 0.2) is 17.8 Å². The first-order valence-corrected chi connectivity index (χ1v) is 3.71. The normalized spacial score (nSPS) is 11.7. The van der Waals surface area contributed by atoms with E-state index in [1.165, 1.54) is 6.08 Å². The van der Waals surface area contributed by atoms with Crippen molar-refractivity contribution in [2.45, 2.75) is 17.9 Å². The van der Waals surface area contributed by atoms with Gasteiger partial charge in [-0.25, -0.2) is 0 Å². The van der Waals surface area contributed by atoms with Crippen LogP contribution < -0.4 is 0 Å². The van der Waals surface area contributed by atoms with Crippen LogP contribution in [0.5, 0.6) is 0 Å². The summed E-state index contributed by atoms with van der Waals surface area (Å²) in [5.74, 6) is -1.06. The Morgan fingerprint density at radius 2 is 2.08 bits per heavy atom. The highest BCUT2D eigenvalue weighted by Gasteiger charge is 2.37. The molecule has 0 atom stereocenters. The van der Waals surface area contributed by atoms with Gasteiger partial charge in [0.2, 0.25) is 5.82 Å². The topological polar surface area (TPSA) is 30.7 Å². The lowest BCUT2D eigenvalue weighted by Gasteiger charge is -2.07. The zero-order valence-electron chi connectivity index (χ0n) is 6.41.